The van der Waals surface area contributed by atoms with Crippen LogP contribution in [0, 0.1) is 0 Å². The van der Waals surface area contributed by atoms with E-state index in [1.54, 1.807) is 0 Å². The van der Waals surface area contributed by atoms with E-state index in [2.05, 4.69) is 61.6 Å². The molecule has 2 aromatic rings. The zero-order valence-corrected chi connectivity index (χ0v) is 12.7. The largest absolute Gasteiger partial charge is 0.378 e. The van der Waals surface area contributed by atoms with Crippen LogP contribution < -0.4 is 5.32 Å². The molecule has 3 rings (SSSR count). The SMILES string of the molecule is CC1(C)CCC(c2ccccc2)Nc2ccc(Cl)cc21. The number of hydrogen-bond donors (Lipinski definition) is 1. The van der Waals surface area contributed by atoms with Gasteiger partial charge in [-0.2, -0.15) is 0 Å². The van der Waals surface area contributed by atoms with Crippen LogP contribution in [-0.4, -0.2) is 0 Å². The van der Waals surface area contributed by atoms with Crippen molar-refractivity contribution in [1.29, 1.82) is 0 Å². The van der Waals surface area contributed by atoms with Gasteiger partial charge >= 0.3 is 0 Å². The first kappa shape index (κ1) is 13.5. The van der Waals surface area contributed by atoms with E-state index in [-0.39, 0.29) is 5.41 Å². The molecule has 0 aromatic heterocycles. The lowest BCUT2D eigenvalue weighted by molar-refractivity contribution is 0.457. The monoisotopic (exact) mass is 285 g/mol. The maximum absolute atomic E-state index is 6.18. The number of nitrogens with one attached hydrogen (secondary N) is 1. The van der Waals surface area contributed by atoms with Gasteiger partial charge in [0.15, 0.2) is 0 Å². The van der Waals surface area contributed by atoms with Crippen molar-refractivity contribution in [3.05, 3.63) is 64.7 Å². The lowest BCUT2D eigenvalue weighted by Gasteiger charge is -2.24. The fourth-order valence-corrected chi connectivity index (χ4v) is 3.21. The van der Waals surface area contributed by atoms with Gasteiger partial charge in [-0.1, -0.05) is 55.8 Å². The summed E-state index contributed by atoms with van der Waals surface area (Å²) < 4.78 is 0. The van der Waals surface area contributed by atoms with Crippen molar-refractivity contribution in [2.24, 2.45) is 0 Å². The van der Waals surface area contributed by atoms with Crippen LogP contribution in [0.4, 0.5) is 5.69 Å². The lowest BCUT2D eigenvalue weighted by Crippen LogP contribution is -2.16. The Morgan fingerprint density at radius 1 is 1.10 bits per heavy atom. The van der Waals surface area contributed by atoms with E-state index in [1.165, 1.54) is 16.8 Å². The molecule has 2 heteroatoms. The van der Waals surface area contributed by atoms with E-state index in [9.17, 15) is 0 Å². The molecule has 1 unspecified atom stereocenters. The second kappa shape index (κ2) is 5.14. The molecule has 0 saturated carbocycles. The van der Waals surface area contributed by atoms with Gasteiger partial charge in [0.1, 0.15) is 0 Å². The summed E-state index contributed by atoms with van der Waals surface area (Å²) in [4.78, 5) is 0. The summed E-state index contributed by atoms with van der Waals surface area (Å²) in [5.41, 5.74) is 4.04. The van der Waals surface area contributed by atoms with Crippen molar-refractivity contribution in [3.8, 4) is 0 Å². The van der Waals surface area contributed by atoms with Gasteiger partial charge in [-0.05, 0) is 47.6 Å². The summed E-state index contributed by atoms with van der Waals surface area (Å²) in [6.07, 6.45) is 2.27. The molecule has 1 heterocycles. The Labute approximate surface area is 126 Å². The van der Waals surface area contributed by atoms with E-state index in [0.29, 0.717) is 6.04 Å². The third-order valence-corrected chi connectivity index (χ3v) is 4.54. The van der Waals surface area contributed by atoms with E-state index in [0.717, 1.165) is 17.9 Å². The predicted octanol–water partition coefficient (Wildman–Crippen LogP) is 5.56. The highest BCUT2D eigenvalue weighted by atomic mass is 35.5. The number of halogens is 1. The first-order chi connectivity index (χ1) is 9.56. The average Bonchev–Trinajstić information content (AvgIpc) is 2.57. The minimum Gasteiger partial charge on any atom is -0.378 e. The topological polar surface area (TPSA) is 12.0 Å². The lowest BCUT2D eigenvalue weighted by atomic mass is 9.80. The number of anilines is 1. The molecule has 1 aliphatic rings. The molecule has 1 nitrogen and oxygen atoms in total. The van der Waals surface area contributed by atoms with Gasteiger partial charge in [0.25, 0.3) is 0 Å². The van der Waals surface area contributed by atoms with Gasteiger partial charge in [-0.15, -0.1) is 0 Å². The summed E-state index contributed by atoms with van der Waals surface area (Å²) >= 11 is 6.18. The molecule has 0 saturated heterocycles. The smallest absolute Gasteiger partial charge is 0.0514 e. The van der Waals surface area contributed by atoms with Gasteiger partial charge in [0.05, 0.1) is 6.04 Å². The van der Waals surface area contributed by atoms with Crippen molar-refractivity contribution in [2.45, 2.75) is 38.1 Å². The van der Waals surface area contributed by atoms with E-state index >= 15 is 0 Å². The molecule has 1 N–H and O–H groups in total. The number of rotatable bonds is 1. The maximum atomic E-state index is 6.18. The quantitative estimate of drug-likeness (QED) is 0.723. The molecular formula is C18H20ClN. The molecular weight excluding hydrogens is 266 g/mol. The molecule has 0 spiro atoms. The summed E-state index contributed by atoms with van der Waals surface area (Å²) in [6.45, 7) is 4.61. The molecule has 0 fully saturated rings. The Hall–Kier alpha value is -1.47. The Bertz CT molecular complexity index is 604. The molecule has 104 valence electrons. The first-order valence-corrected chi connectivity index (χ1v) is 7.55. The molecule has 0 aliphatic carbocycles. The minimum atomic E-state index is 0.150. The third kappa shape index (κ3) is 2.55. The average molecular weight is 286 g/mol. The van der Waals surface area contributed by atoms with Crippen molar-refractivity contribution < 1.29 is 0 Å². The van der Waals surface area contributed by atoms with Crippen LogP contribution in [0.5, 0.6) is 0 Å². The Morgan fingerprint density at radius 2 is 1.85 bits per heavy atom. The van der Waals surface area contributed by atoms with Crippen molar-refractivity contribution in [2.75, 3.05) is 5.32 Å². The molecule has 1 atom stereocenters. The number of benzene rings is 2. The molecule has 0 radical (unpaired) electrons. The highest BCUT2D eigenvalue weighted by Gasteiger charge is 2.29. The number of hydrogen-bond acceptors (Lipinski definition) is 1. The molecule has 1 aliphatic heterocycles. The predicted molar refractivity (Wildman–Crippen MR) is 86.5 cm³/mol. The van der Waals surface area contributed by atoms with Crippen LogP contribution in [-0.2, 0) is 5.41 Å². The van der Waals surface area contributed by atoms with Crippen LogP contribution in [0.1, 0.15) is 43.9 Å². The highest BCUT2D eigenvalue weighted by molar-refractivity contribution is 6.30. The first-order valence-electron chi connectivity index (χ1n) is 7.18. The van der Waals surface area contributed by atoms with Gasteiger partial charge in [0, 0.05) is 10.7 Å². The maximum Gasteiger partial charge on any atom is 0.0514 e. The normalized spacial score (nSPS) is 20.6. The molecule has 2 aromatic carbocycles. The molecule has 0 bridgehead atoms. The van der Waals surface area contributed by atoms with Crippen LogP contribution in [0.3, 0.4) is 0 Å². The summed E-state index contributed by atoms with van der Waals surface area (Å²) in [5, 5.41) is 4.52. The zero-order valence-electron chi connectivity index (χ0n) is 12.0. The second-order valence-electron chi connectivity index (χ2n) is 6.22. The van der Waals surface area contributed by atoms with E-state index in [1.807, 2.05) is 6.07 Å². The van der Waals surface area contributed by atoms with E-state index in [4.69, 9.17) is 11.6 Å². The van der Waals surface area contributed by atoms with Crippen LogP contribution in [0.15, 0.2) is 48.5 Å². The summed E-state index contributed by atoms with van der Waals surface area (Å²) in [7, 11) is 0. The van der Waals surface area contributed by atoms with Gasteiger partial charge in [0.2, 0.25) is 0 Å². The summed E-state index contributed by atoms with van der Waals surface area (Å²) in [6, 6.07) is 17.2. The standard InChI is InChI=1S/C18H20ClN/c1-18(2)11-10-16(13-6-4-3-5-7-13)20-17-9-8-14(19)12-15(17)18/h3-9,12,16,20H,10-11H2,1-2H3. The van der Waals surface area contributed by atoms with Gasteiger partial charge in [-0.3, -0.25) is 0 Å². The van der Waals surface area contributed by atoms with E-state index < -0.39 is 0 Å². The van der Waals surface area contributed by atoms with Gasteiger partial charge < -0.3 is 5.32 Å². The fourth-order valence-electron chi connectivity index (χ4n) is 3.04. The fraction of sp³-hybridized carbons (Fsp3) is 0.333. The summed E-state index contributed by atoms with van der Waals surface area (Å²) in [5.74, 6) is 0. The van der Waals surface area contributed by atoms with Gasteiger partial charge in [-0.25, -0.2) is 0 Å². The van der Waals surface area contributed by atoms with Crippen LogP contribution in [0.25, 0.3) is 0 Å². The zero-order chi connectivity index (χ0) is 14.2. The van der Waals surface area contributed by atoms with Crippen molar-refractivity contribution in [1.82, 2.24) is 0 Å². The Morgan fingerprint density at radius 3 is 2.60 bits per heavy atom. The Kier molecular flexibility index (Phi) is 3.47. The highest BCUT2D eigenvalue weighted by Crippen LogP contribution is 2.42. The van der Waals surface area contributed by atoms with Crippen LogP contribution in [0.2, 0.25) is 5.02 Å². The van der Waals surface area contributed by atoms with Crippen LogP contribution >= 0.6 is 11.6 Å². The molecule has 0 amide bonds. The van der Waals surface area contributed by atoms with Crippen molar-refractivity contribution in [3.63, 3.8) is 0 Å². The number of fused-ring (bicyclic) bond motifs is 1. The molecule has 20 heavy (non-hydrogen) atoms. The minimum absolute atomic E-state index is 0.150. The Balaban J connectivity index is 2.01. The van der Waals surface area contributed by atoms with Crippen molar-refractivity contribution >= 4 is 17.3 Å². The third-order valence-electron chi connectivity index (χ3n) is 4.30. The second-order valence-corrected chi connectivity index (χ2v) is 6.66.